The van der Waals surface area contributed by atoms with Gasteiger partial charge in [0.15, 0.2) is 5.82 Å². The maximum absolute atomic E-state index is 6.17. The molecule has 0 bridgehead atoms. The molecule has 0 fully saturated rings. The van der Waals surface area contributed by atoms with E-state index in [1.807, 2.05) is 24.3 Å². The van der Waals surface area contributed by atoms with Gasteiger partial charge in [0.05, 0.1) is 22.6 Å². The second kappa shape index (κ2) is 6.50. The fourth-order valence-corrected chi connectivity index (χ4v) is 2.03. The van der Waals surface area contributed by atoms with E-state index >= 15 is 0 Å². The lowest BCUT2D eigenvalue weighted by Gasteiger charge is -2.11. The van der Waals surface area contributed by atoms with Gasteiger partial charge in [-0.25, -0.2) is 9.97 Å². The van der Waals surface area contributed by atoms with Crippen LogP contribution >= 0.6 is 11.6 Å². The molecule has 1 aromatic heterocycles. The minimum atomic E-state index is 0.579. The standard InChI is InChI=1S/C14H17ClN4/c1-2-12-13(17-8-7-16)9-18-14(19-12)10-5-3-4-6-11(10)15/h3-6,9,17H,2,7-8,16H2,1H3. The van der Waals surface area contributed by atoms with E-state index in [9.17, 15) is 0 Å². The minimum absolute atomic E-state index is 0.579. The number of nitrogens with one attached hydrogen (secondary N) is 1. The van der Waals surface area contributed by atoms with Crippen LogP contribution in [0.25, 0.3) is 11.4 Å². The van der Waals surface area contributed by atoms with Crippen LogP contribution in [0.5, 0.6) is 0 Å². The first-order valence-electron chi connectivity index (χ1n) is 6.31. The molecule has 0 unspecified atom stereocenters. The summed E-state index contributed by atoms with van der Waals surface area (Å²) in [4.78, 5) is 8.95. The summed E-state index contributed by atoms with van der Waals surface area (Å²) in [6.45, 7) is 3.35. The Morgan fingerprint density at radius 3 is 2.79 bits per heavy atom. The summed E-state index contributed by atoms with van der Waals surface area (Å²) in [5.41, 5.74) is 8.24. The van der Waals surface area contributed by atoms with Crippen molar-refractivity contribution in [3.63, 3.8) is 0 Å². The average molecular weight is 277 g/mol. The molecule has 19 heavy (non-hydrogen) atoms. The molecule has 0 aliphatic heterocycles. The molecule has 2 aromatic rings. The smallest absolute Gasteiger partial charge is 0.161 e. The van der Waals surface area contributed by atoms with Crippen molar-refractivity contribution in [2.75, 3.05) is 18.4 Å². The van der Waals surface area contributed by atoms with Crippen LogP contribution < -0.4 is 11.1 Å². The van der Waals surface area contributed by atoms with Crippen LogP contribution in [0, 0.1) is 0 Å². The molecule has 0 saturated carbocycles. The Morgan fingerprint density at radius 1 is 1.32 bits per heavy atom. The number of aromatic nitrogens is 2. The number of rotatable bonds is 5. The van der Waals surface area contributed by atoms with Crippen LogP contribution in [0.1, 0.15) is 12.6 Å². The molecule has 1 heterocycles. The van der Waals surface area contributed by atoms with Crippen molar-refractivity contribution < 1.29 is 0 Å². The zero-order chi connectivity index (χ0) is 13.7. The molecule has 0 saturated heterocycles. The zero-order valence-electron chi connectivity index (χ0n) is 10.9. The van der Waals surface area contributed by atoms with Gasteiger partial charge in [0.1, 0.15) is 0 Å². The molecule has 0 radical (unpaired) electrons. The fraction of sp³-hybridized carbons (Fsp3) is 0.286. The lowest BCUT2D eigenvalue weighted by atomic mass is 10.2. The highest BCUT2D eigenvalue weighted by Crippen LogP contribution is 2.26. The van der Waals surface area contributed by atoms with Gasteiger partial charge in [-0.15, -0.1) is 0 Å². The van der Waals surface area contributed by atoms with E-state index in [4.69, 9.17) is 17.3 Å². The SMILES string of the molecule is CCc1nc(-c2ccccc2Cl)ncc1NCCN. The Labute approximate surface area is 118 Å². The molecule has 100 valence electrons. The fourth-order valence-electron chi connectivity index (χ4n) is 1.81. The van der Waals surface area contributed by atoms with Crippen molar-refractivity contribution in [3.05, 3.63) is 41.2 Å². The monoisotopic (exact) mass is 276 g/mol. The lowest BCUT2D eigenvalue weighted by molar-refractivity contribution is 0.971. The number of hydrogen-bond donors (Lipinski definition) is 2. The first-order valence-corrected chi connectivity index (χ1v) is 6.68. The minimum Gasteiger partial charge on any atom is -0.381 e. The third-order valence-corrected chi connectivity index (χ3v) is 3.11. The quantitative estimate of drug-likeness (QED) is 0.881. The number of benzene rings is 1. The summed E-state index contributed by atoms with van der Waals surface area (Å²) >= 11 is 6.17. The molecule has 5 heteroatoms. The van der Waals surface area contributed by atoms with Crippen molar-refractivity contribution in [2.24, 2.45) is 5.73 Å². The predicted molar refractivity (Wildman–Crippen MR) is 79.4 cm³/mol. The maximum Gasteiger partial charge on any atom is 0.161 e. The predicted octanol–water partition coefficient (Wildman–Crippen LogP) is 2.73. The molecule has 0 aliphatic rings. The highest BCUT2D eigenvalue weighted by molar-refractivity contribution is 6.33. The molecule has 1 aromatic carbocycles. The second-order valence-electron chi connectivity index (χ2n) is 4.10. The van der Waals surface area contributed by atoms with E-state index in [0.29, 0.717) is 23.9 Å². The molecule has 0 amide bonds. The van der Waals surface area contributed by atoms with E-state index in [0.717, 1.165) is 23.4 Å². The van der Waals surface area contributed by atoms with Crippen LogP contribution in [-0.2, 0) is 6.42 Å². The van der Waals surface area contributed by atoms with Gasteiger partial charge in [0.2, 0.25) is 0 Å². The van der Waals surface area contributed by atoms with Gasteiger partial charge < -0.3 is 11.1 Å². The van der Waals surface area contributed by atoms with E-state index in [-0.39, 0.29) is 0 Å². The van der Waals surface area contributed by atoms with Gasteiger partial charge >= 0.3 is 0 Å². The zero-order valence-corrected chi connectivity index (χ0v) is 11.6. The van der Waals surface area contributed by atoms with Crippen molar-refractivity contribution in [1.29, 1.82) is 0 Å². The number of halogens is 1. The summed E-state index contributed by atoms with van der Waals surface area (Å²) in [5.74, 6) is 0.653. The van der Waals surface area contributed by atoms with Gasteiger partial charge in [-0.05, 0) is 18.6 Å². The largest absolute Gasteiger partial charge is 0.381 e. The second-order valence-corrected chi connectivity index (χ2v) is 4.51. The lowest BCUT2D eigenvalue weighted by Crippen LogP contribution is -2.15. The number of aryl methyl sites for hydroxylation is 1. The topological polar surface area (TPSA) is 63.8 Å². The first-order chi connectivity index (χ1) is 9.26. The van der Waals surface area contributed by atoms with Gasteiger partial charge in [-0.2, -0.15) is 0 Å². The Morgan fingerprint density at radius 2 is 2.11 bits per heavy atom. The van der Waals surface area contributed by atoms with Crippen LogP contribution in [0.15, 0.2) is 30.5 Å². The summed E-state index contributed by atoms with van der Waals surface area (Å²) in [6.07, 6.45) is 2.62. The third kappa shape index (κ3) is 3.22. The van der Waals surface area contributed by atoms with Gasteiger partial charge in [0.25, 0.3) is 0 Å². The molecular weight excluding hydrogens is 260 g/mol. The van der Waals surface area contributed by atoms with Crippen molar-refractivity contribution in [3.8, 4) is 11.4 Å². The van der Waals surface area contributed by atoms with E-state index in [2.05, 4.69) is 22.2 Å². The van der Waals surface area contributed by atoms with Crippen LogP contribution in [-0.4, -0.2) is 23.1 Å². The van der Waals surface area contributed by atoms with Crippen molar-refractivity contribution in [2.45, 2.75) is 13.3 Å². The Balaban J connectivity index is 2.36. The van der Waals surface area contributed by atoms with Gasteiger partial charge in [-0.1, -0.05) is 30.7 Å². The van der Waals surface area contributed by atoms with Crippen LogP contribution in [0.3, 0.4) is 0 Å². The Kier molecular flexibility index (Phi) is 4.71. The average Bonchev–Trinajstić information content (AvgIpc) is 2.45. The third-order valence-electron chi connectivity index (χ3n) is 2.78. The summed E-state index contributed by atoms with van der Waals surface area (Å²) in [6, 6.07) is 7.58. The van der Waals surface area contributed by atoms with Gasteiger partial charge in [-0.3, -0.25) is 0 Å². The molecule has 4 nitrogen and oxygen atoms in total. The van der Waals surface area contributed by atoms with E-state index < -0.39 is 0 Å². The van der Waals surface area contributed by atoms with Crippen molar-refractivity contribution in [1.82, 2.24) is 9.97 Å². The number of nitrogens with two attached hydrogens (primary N) is 1. The molecule has 2 rings (SSSR count). The highest BCUT2D eigenvalue weighted by Gasteiger charge is 2.09. The Bertz CT molecular complexity index is 557. The number of hydrogen-bond acceptors (Lipinski definition) is 4. The summed E-state index contributed by atoms with van der Waals surface area (Å²) in [5, 5.41) is 3.88. The van der Waals surface area contributed by atoms with Gasteiger partial charge in [0, 0.05) is 18.7 Å². The van der Waals surface area contributed by atoms with Crippen LogP contribution in [0.4, 0.5) is 5.69 Å². The highest BCUT2D eigenvalue weighted by atomic mass is 35.5. The first kappa shape index (κ1) is 13.8. The van der Waals surface area contributed by atoms with E-state index in [1.54, 1.807) is 6.20 Å². The Hall–Kier alpha value is -1.65. The van der Waals surface area contributed by atoms with Crippen LogP contribution in [0.2, 0.25) is 5.02 Å². The molecule has 0 atom stereocenters. The van der Waals surface area contributed by atoms with Crippen molar-refractivity contribution >= 4 is 17.3 Å². The number of nitrogens with zero attached hydrogens (tertiary/aromatic N) is 2. The molecule has 0 spiro atoms. The molecule has 0 aliphatic carbocycles. The van der Waals surface area contributed by atoms with E-state index in [1.165, 1.54) is 0 Å². The molecular formula is C14H17ClN4. The maximum atomic E-state index is 6.17. The summed E-state index contributed by atoms with van der Waals surface area (Å²) < 4.78 is 0. The summed E-state index contributed by atoms with van der Waals surface area (Å²) in [7, 11) is 0. The normalized spacial score (nSPS) is 10.5. The molecule has 3 N–H and O–H groups in total. The number of anilines is 1.